The van der Waals surface area contributed by atoms with E-state index in [0.29, 0.717) is 23.7 Å². The third kappa shape index (κ3) is 4.36. The zero-order valence-corrected chi connectivity index (χ0v) is 14.3. The summed E-state index contributed by atoms with van der Waals surface area (Å²) in [6, 6.07) is 11.0. The van der Waals surface area contributed by atoms with Crippen molar-refractivity contribution in [1.29, 1.82) is 5.26 Å². The number of hydrogen-bond donors (Lipinski definition) is 0. The molecule has 0 radical (unpaired) electrons. The Morgan fingerprint density at radius 1 is 1.33 bits per heavy atom. The van der Waals surface area contributed by atoms with E-state index >= 15 is 0 Å². The van der Waals surface area contributed by atoms with E-state index in [-0.39, 0.29) is 5.00 Å². The van der Waals surface area contributed by atoms with Crippen molar-refractivity contribution in [3.8, 4) is 6.07 Å². The van der Waals surface area contributed by atoms with Gasteiger partial charge in [-0.25, -0.2) is 0 Å². The summed E-state index contributed by atoms with van der Waals surface area (Å²) in [7, 11) is 0. The number of aryl methyl sites for hydroxylation is 1. The van der Waals surface area contributed by atoms with Crippen molar-refractivity contribution in [3.63, 3.8) is 0 Å². The smallest absolute Gasteiger partial charge is 0.326 e. The number of nitro groups is 1. The minimum Gasteiger partial charge on any atom is -0.371 e. The highest BCUT2D eigenvalue weighted by Gasteiger charge is 2.10. The van der Waals surface area contributed by atoms with E-state index in [1.165, 1.54) is 6.07 Å². The Kier molecular flexibility index (Phi) is 5.98. The highest BCUT2D eigenvalue weighted by Crippen LogP contribution is 2.33. The molecule has 0 aliphatic heterocycles. The van der Waals surface area contributed by atoms with Crippen LogP contribution in [0.1, 0.15) is 18.9 Å². The van der Waals surface area contributed by atoms with E-state index in [1.807, 2.05) is 32.0 Å². The van der Waals surface area contributed by atoms with Gasteiger partial charge < -0.3 is 4.90 Å². The molecule has 0 spiro atoms. The van der Waals surface area contributed by atoms with Gasteiger partial charge in [0.25, 0.3) is 0 Å². The third-order valence-electron chi connectivity index (χ3n) is 3.43. The van der Waals surface area contributed by atoms with Crippen LogP contribution in [0.25, 0.3) is 0 Å². The second-order valence-electron chi connectivity index (χ2n) is 5.03. The van der Waals surface area contributed by atoms with Crippen LogP contribution in [0.2, 0.25) is 0 Å². The molecule has 8 heteroatoms. The van der Waals surface area contributed by atoms with E-state index < -0.39 is 4.92 Å². The molecule has 2 aromatic rings. The summed E-state index contributed by atoms with van der Waals surface area (Å²) in [5, 5.41) is 28.2. The Hall–Kier alpha value is -2.79. The fraction of sp³-hybridized carbons (Fsp3) is 0.312. The molecule has 0 amide bonds. The molecule has 0 fully saturated rings. The van der Waals surface area contributed by atoms with Crippen LogP contribution in [0, 0.1) is 28.4 Å². The zero-order chi connectivity index (χ0) is 17.5. The number of azo groups is 1. The van der Waals surface area contributed by atoms with Crippen LogP contribution in [-0.4, -0.2) is 18.0 Å². The number of benzene rings is 1. The Morgan fingerprint density at radius 3 is 2.71 bits per heavy atom. The Balaban J connectivity index is 2.15. The lowest BCUT2D eigenvalue weighted by molar-refractivity contribution is -0.380. The first-order chi connectivity index (χ1) is 11.5. The first-order valence-electron chi connectivity index (χ1n) is 7.43. The number of nitriles is 1. The van der Waals surface area contributed by atoms with Crippen molar-refractivity contribution in [1.82, 2.24) is 0 Å². The zero-order valence-electron chi connectivity index (χ0n) is 13.5. The first kappa shape index (κ1) is 17.6. The van der Waals surface area contributed by atoms with E-state index in [9.17, 15) is 10.1 Å². The van der Waals surface area contributed by atoms with Gasteiger partial charge in [-0.05, 0) is 55.0 Å². The number of rotatable bonds is 7. The van der Waals surface area contributed by atoms with Crippen molar-refractivity contribution in [2.45, 2.75) is 20.3 Å². The topological polar surface area (TPSA) is 94.9 Å². The van der Waals surface area contributed by atoms with Crippen LogP contribution in [0.3, 0.4) is 0 Å². The van der Waals surface area contributed by atoms with Gasteiger partial charge in [-0.1, -0.05) is 0 Å². The van der Waals surface area contributed by atoms with Crippen LogP contribution in [-0.2, 0) is 0 Å². The van der Waals surface area contributed by atoms with Gasteiger partial charge in [0.2, 0.25) is 0 Å². The minimum atomic E-state index is -0.440. The van der Waals surface area contributed by atoms with Crippen LogP contribution in [0.15, 0.2) is 40.6 Å². The molecule has 0 saturated heterocycles. The molecule has 0 bridgehead atoms. The lowest BCUT2D eigenvalue weighted by atomic mass is 10.1. The summed E-state index contributed by atoms with van der Waals surface area (Å²) in [6.45, 7) is 5.49. The second-order valence-corrected chi connectivity index (χ2v) is 6.07. The maximum Gasteiger partial charge on any atom is 0.326 e. The van der Waals surface area contributed by atoms with E-state index in [4.69, 9.17) is 5.26 Å². The Morgan fingerprint density at radius 2 is 2.12 bits per heavy atom. The van der Waals surface area contributed by atoms with Gasteiger partial charge in [-0.3, -0.25) is 10.1 Å². The molecule has 0 aliphatic rings. The average Bonchev–Trinajstić information content (AvgIpc) is 3.04. The van der Waals surface area contributed by atoms with Gasteiger partial charge in [0.1, 0.15) is 5.00 Å². The van der Waals surface area contributed by atoms with Crippen molar-refractivity contribution in [3.05, 3.63) is 46.0 Å². The molecule has 0 N–H and O–H groups in total. The van der Waals surface area contributed by atoms with Crippen LogP contribution >= 0.6 is 11.3 Å². The van der Waals surface area contributed by atoms with Crippen molar-refractivity contribution in [2.75, 3.05) is 18.0 Å². The normalized spacial score (nSPS) is 10.7. The first-order valence-corrected chi connectivity index (χ1v) is 8.25. The van der Waals surface area contributed by atoms with Gasteiger partial charge in [-0.2, -0.15) is 5.26 Å². The SMILES string of the molecule is CCN(CCC#N)c1ccc(N=Nc2ccc([N+](=O)[O-])s2)c(C)c1. The maximum atomic E-state index is 10.7. The molecule has 1 aromatic heterocycles. The van der Waals surface area contributed by atoms with Gasteiger partial charge in [0.15, 0.2) is 0 Å². The summed E-state index contributed by atoms with van der Waals surface area (Å²) in [5.74, 6) is 0. The lowest BCUT2D eigenvalue weighted by Crippen LogP contribution is -2.23. The molecule has 1 heterocycles. The molecule has 2 rings (SSSR count). The van der Waals surface area contributed by atoms with E-state index in [0.717, 1.165) is 29.1 Å². The molecular weight excluding hydrogens is 326 g/mol. The molecule has 0 aliphatic carbocycles. The predicted octanol–water partition coefficient (Wildman–Crippen LogP) is 5.12. The monoisotopic (exact) mass is 343 g/mol. The number of thiophene rings is 1. The number of hydrogen-bond acceptors (Lipinski definition) is 7. The summed E-state index contributed by atoms with van der Waals surface area (Å²) >= 11 is 0.989. The third-order valence-corrected chi connectivity index (χ3v) is 4.36. The van der Waals surface area contributed by atoms with Crippen LogP contribution in [0.5, 0.6) is 0 Å². The Labute approximate surface area is 144 Å². The summed E-state index contributed by atoms with van der Waals surface area (Å²) in [5.41, 5.74) is 2.71. The lowest BCUT2D eigenvalue weighted by Gasteiger charge is -2.22. The molecular formula is C16H17N5O2S. The van der Waals surface area contributed by atoms with Crippen molar-refractivity contribution in [2.24, 2.45) is 10.2 Å². The van der Waals surface area contributed by atoms with Gasteiger partial charge in [-0.15, -0.1) is 10.2 Å². The maximum absolute atomic E-state index is 10.7. The highest BCUT2D eigenvalue weighted by atomic mass is 32.1. The summed E-state index contributed by atoms with van der Waals surface area (Å²) < 4.78 is 0. The van der Waals surface area contributed by atoms with Crippen molar-refractivity contribution >= 4 is 32.7 Å². The second kappa shape index (κ2) is 8.17. The fourth-order valence-electron chi connectivity index (χ4n) is 2.18. The molecule has 24 heavy (non-hydrogen) atoms. The molecule has 0 atom stereocenters. The predicted molar refractivity (Wildman–Crippen MR) is 94.4 cm³/mol. The fourth-order valence-corrected chi connectivity index (χ4v) is 2.82. The minimum absolute atomic E-state index is 0.0482. The summed E-state index contributed by atoms with van der Waals surface area (Å²) in [4.78, 5) is 12.4. The highest BCUT2D eigenvalue weighted by molar-refractivity contribution is 7.18. The van der Waals surface area contributed by atoms with Crippen LogP contribution in [0.4, 0.5) is 21.4 Å². The van der Waals surface area contributed by atoms with E-state index in [1.54, 1.807) is 6.07 Å². The molecule has 1 aromatic carbocycles. The molecule has 0 saturated carbocycles. The van der Waals surface area contributed by atoms with Gasteiger partial charge >= 0.3 is 5.00 Å². The van der Waals surface area contributed by atoms with E-state index in [2.05, 4.69) is 21.2 Å². The Bertz CT molecular complexity index is 794. The molecule has 7 nitrogen and oxygen atoms in total. The van der Waals surface area contributed by atoms with Gasteiger partial charge in [0.05, 0.1) is 23.1 Å². The molecule has 124 valence electrons. The number of anilines is 1. The quantitative estimate of drug-likeness (QED) is 0.396. The number of nitrogens with zero attached hydrogens (tertiary/aromatic N) is 5. The van der Waals surface area contributed by atoms with Crippen LogP contribution < -0.4 is 4.90 Å². The molecule has 0 unspecified atom stereocenters. The average molecular weight is 343 g/mol. The van der Waals surface area contributed by atoms with Crippen molar-refractivity contribution < 1.29 is 4.92 Å². The standard InChI is InChI=1S/C16H17N5O2S/c1-3-20(10-4-9-17)13-5-6-14(12(2)11-13)18-19-15-7-8-16(24-15)21(22)23/h5-8,11H,3-4,10H2,1-2H3. The summed E-state index contributed by atoms with van der Waals surface area (Å²) in [6.07, 6.45) is 0.478. The van der Waals surface area contributed by atoms with Gasteiger partial charge in [0, 0.05) is 24.8 Å². The largest absolute Gasteiger partial charge is 0.371 e.